The minimum absolute atomic E-state index is 0.0816. The van der Waals surface area contributed by atoms with E-state index < -0.39 is 0 Å². The van der Waals surface area contributed by atoms with Crippen molar-refractivity contribution in [1.82, 2.24) is 9.88 Å². The number of halogens is 1. The van der Waals surface area contributed by atoms with Crippen LogP contribution >= 0.6 is 11.6 Å². The van der Waals surface area contributed by atoms with Gasteiger partial charge in [-0.15, -0.1) is 0 Å². The highest BCUT2D eigenvalue weighted by Gasteiger charge is 2.22. The van der Waals surface area contributed by atoms with Gasteiger partial charge in [-0.05, 0) is 36.9 Å². The summed E-state index contributed by atoms with van der Waals surface area (Å²) >= 11 is 6.11. The summed E-state index contributed by atoms with van der Waals surface area (Å²) in [6, 6.07) is 2.09. The molecule has 19 heavy (non-hydrogen) atoms. The number of aromatic nitrogens is 1. The number of pyridine rings is 1. The molecular weight excluding hydrogens is 256 g/mol. The molecule has 0 aliphatic carbocycles. The summed E-state index contributed by atoms with van der Waals surface area (Å²) in [7, 11) is 0. The van der Waals surface area contributed by atoms with Gasteiger partial charge in [0.1, 0.15) is 0 Å². The number of hydrogen-bond donors (Lipinski definition) is 0. The molecule has 1 aromatic heterocycles. The molecule has 2 rings (SSSR count). The lowest BCUT2D eigenvalue weighted by molar-refractivity contribution is 0.331. The highest BCUT2D eigenvalue weighted by molar-refractivity contribution is 6.30. The summed E-state index contributed by atoms with van der Waals surface area (Å²) in [4.78, 5) is 7.11. The Kier molecular flexibility index (Phi) is 4.52. The molecule has 1 aliphatic rings. The molecule has 1 aromatic rings. The highest BCUT2D eigenvalue weighted by atomic mass is 35.5. The maximum atomic E-state index is 6.11. The molecule has 1 aliphatic heterocycles. The molecule has 0 amide bonds. The summed E-state index contributed by atoms with van der Waals surface area (Å²) in [5, 5.41) is 0.748. The Morgan fingerprint density at radius 1 is 1.42 bits per heavy atom. The molecule has 2 nitrogen and oxygen atoms in total. The molecule has 1 fully saturated rings. The van der Waals surface area contributed by atoms with Gasteiger partial charge < -0.3 is 4.90 Å². The van der Waals surface area contributed by atoms with Crippen LogP contribution in [0.1, 0.15) is 45.4 Å². The molecule has 2 heterocycles. The lowest BCUT2D eigenvalue weighted by Crippen LogP contribution is -2.25. The van der Waals surface area contributed by atoms with Crippen LogP contribution in [-0.2, 0) is 11.8 Å². The summed E-state index contributed by atoms with van der Waals surface area (Å²) < 4.78 is 0. The van der Waals surface area contributed by atoms with Crippen molar-refractivity contribution < 1.29 is 0 Å². The Morgan fingerprint density at radius 2 is 2.16 bits per heavy atom. The van der Waals surface area contributed by atoms with Gasteiger partial charge in [0.15, 0.2) is 0 Å². The average molecular weight is 281 g/mol. The van der Waals surface area contributed by atoms with Crippen molar-refractivity contribution in [2.45, 2.75) is 46.0 Å². The number of rotatable bonds is 3. The van der Waals surface area contributed by atoms with Gasteiger partial charge in [0.2, 0.25) is 0 Å². The van der Waals surface area contributed by atoms with Crippen LogP contribution in [0.3, 0.4) is 0 Å². The zero-order valence-electron chi connectivity index (χ0n) is 12.5. The SMILES string of the molecule is C[C@H]1CCN(CCc2cc(Cl)cnc2C(C)(C)C)C1. The maximum Gasteiger partial charge on any atom is 0.0592 e. The van der Waals surface area contributed by atoms with E-state index in [-0.39, 0.29) is 5.41 Å². The molecule has 106 valence electrons. The van der Waals surface area contributed by atoms with Crippen LogP contribution in [0, 0.1) is 5.92 Å². The summed E-state index contributed by atoms with van der Waals surface area (Å²) in [5.74, 6) is 0.847. The first-order valence-electron chi connectivity index (χ1n) is 7.23. The lowest BCUT2D eigenvalue weighted by atomic mass is 9.87. The summed E-state index contributed by atoms with van der Waals surface area (Å²) in [6.45, 7) is 12.6. The molecule has 0 radical (unpaired) electrons. The van der Waals surface area contributed by atoms with E-state index in [1.165, 1.54) is 30.8 Å². The van der Waals surface area contributed by atoms with E-state index >= 15 is 0 Å². The zero-order valence-corrected chi connectivity index (χ0v) is 13.3. The van der Waals surface area contributed by atoms with Crippen LogP contribution in [-0.4, -0.2) is 29.5 Å². The molecule has 0 saturated carbocycles. The molecule has 0 N–H and O–H groups in total. The van der Waals surface area contributed by atoms with Crippen LogP contribution < -0.4 is 0 Å². The minimum Gasteiger partial charge on any atom is -0.303 e. The third kappa shape index (κ3) is 3.93. The predicted molar refractivity (Wildman–Crippen MR) is 81.9 cm³/mol. The van der Waals surface area contributed by atoms with E-state index in [9.17, 15) is 0 Å². The van der Waals surface area contributed by atoms with Gasteiger partial charge in [0.05, 0.1) is 5.02 Å². The predicted octanol–water partition coefficient (Wildman–Crippen LogP) is 3.92. The average Bonchev–Trinajstić information content (AvgIpc) is 2.71. The molecule has 0 unspecified atom stereocenters. The molecule has 0 spiro atoms. The quantitative estimate of drug-likeness (QED) is 0.834. The van der Waals surface area contributed by atoms with E-state index in [1.54, 1.807) is 6.20 Å². The first kappa shape index (κ1) is 14.8. The van der Waals surface area contributed by atoms with Crippen molar-refractivity contribution in [1.29, 1.82) is 0 Å². The molecule has 3 heteroatoms. The molecule has 1 saturated heterocycles. The van der Waals surface area contributed by atoms with Gasteiger partial charge >= 0.3 is 0 Å². The summed E-state index contributed by atoms with van der Waals surface area (Å²) in [5.41, 5.74) is 2.57. The number of nitrogens with zero attached hydrogens (tertiary/aromatic N) is 2. The molecule has 1 atom stereocenters. The Morgan fingerprint density at radius 3 is 2.74 bits per heavy atom. The zero-order chi connectivity index (χ0) is 14.0. The van der Waals surface area contributed by atoms with Gasteiger partial charge in [0.25, 0.3) is 0 Å². The van der Waals surface area contributed by atoms with Gasteiger partial charge in [-0.2, -0.15) is 0 Å². The second-order valence-corrected chi connectivity index (χ2v) is 7.29. The first-order valence-corrected chi connectivity index (χ1v) is 7.61. The van der Waals surface area contributed by atoms with E-state index in [1.807, 2.05) is 0 Å². The van der Waals surface area contributed by atoms with E-state index in [4.69, 9.17) is 11.6 Å². The maximum absolute atomic E-state index is 6.11. The van der Waals surface area contributed by atoms with Crippen molar-refractivity contribution >= 4 is 11.6 Å². The molecule has 0 aromatic carbocycles. The standard InChI is InChI=1S/C16H25ClN2/c1-12-5-7-19(11-12)8-6-13-9-14(17)10-18-15(13)16(2,3)4/h9-10,12H,5-8,11H2,1-4H3/t12-/m0/s1. The van der Waals surface area contributed by atoms with Crippen molar-refractivity contribution in [2.75, 3.05) is 19.6 Å². The van der Waals surface area contributed by atoms with E-state index in [0.29, 0.717) is 0 Å². The van der Waals surface area contributed by atoms with E-state index in [2.05, 4.69) is 43.6 Å². The Labute approximate surface area is 122 Å². The van der Waals surface area contributed by atoms with Crippen molar-refractivity contribution in [3.8, 4) is 0 Å². The normalized spacial score (nSPS) is 21.0. The van der Waals surface area contributed by atoms with Crippen LogP contribution in [0.5, 0.6) is 0 Å². The largest absolute Gasteiger partial charge is 0.303 e. The van der Waals surface area contributed by atoms with E-state index in [0.717, 1.165) is 23.9 Å². The fourth-order valence-corrected chi connectivity index (χ4v) is 3.04. The topological polar surface area (TPSA) is 16.1 Å². The molecular formula is C16H25ClN2. The highest BCUT2D eigenvalue weighted by Crippen LogP contribution is 2.26. The summed E-state index contributed by atoms with van der Waals surface area (Å²) in [6.07, 6.45) is 4.15. The smallest absolute Gasteiger partial charge is 0.0592 e. The minimum atomic E-state index is 0.0816. The number of likely N-dealkylation sites (tertiary alicyclic amines) is 1. The van der Waals surface area contributed by atoms with Crippen molar-refractivity contribution in [3.05, 3.63) is 28.5 Å². The lowest BCUT2D eigenvalue weighted by Gasteiger charge is -2.23. The third-order valence-electron chi connectivity index (χ3n) is 3.85. The van der Waals surface area contributed by atoms with Crippen LogP contribution in [0.25, 0.3) is 0 Å². The first-order chi connectivity index (χ1) is 8.86. The van der Waals surface area contributed by atoms with Crippen LogP contribution in [0.15, 0.2) is 12.3 Å². The Balaban J connectivity index is 2.08. The van der Waals surface area contributed by atoms with Gasteiger partial charge in [-0.1, -0.05) is 39.3 Å². The van der Waals surface area contributed by atoms with Gasteiger partial charge in [-0.3, -0.25) is 4.98 Å². The van der Waals surface area contributed by atoms with Crippen LogP contribution in [0.4, 0.5) is 0 Å². The third-order valence-corrected chi connectivity index (χ3v) is 4.06. The van der Waals surface area contributed by atoms with Crippen molar-refractivity contribution in [3.63, 3.8) is 0 Å². The molecule has 0 bridgehead atoms. The number of hydrogen-bond acceptors (Lipinski definition) is 2. The second-order valence-electron chi connectivity index (χ2n) is 6.86. The Bertz CT molecular complexity index is 437. The monoisotopic (exact) mass is 280 g/mol. The van der Waals surface area contributed by atoms with Crippen molar-refractivity contribution in [2.24, 2.45) is 5.92 Å². The van der Waals surface area contributed by atoms with Gasteiger partial charge in [-0.25, -0.2) is 0 Å². The fourth-order valence-electron chi connectivity index (χ4n) is 2.86. The fraction of sp³-hybridized carbons (Fsp3) is 0.688. The van der Waals surface area contributed by atoms with Gasteiger partial charge in [0, 0.05) is 30.4 Å². The van der Waals surface area contributed by atoms with Crippen LogP contribution in [0.2, 0.25) is 5.02 Å². The Hall–Kier alpha value is -0.600. The second kappa shape index (κ2) is 5.80.